The van der Waals surface area contributed by atoms with Crippen LogP contribution in [0.3, 0.4) is 0 Å². The lowest BCUT2D eigenvalue weighted by atomic mass is 9.88. The molecule has 128 valence electrons. The maximum absolute atomic E-state index is 13.0. The van der Waals surface area contributed by atoms with Gasteiger partial charge in [0.1, 0.15) is 12.1 Å². The third-order valence-corrected chi connectivity index (χ3v) is 4.01. The normalized spacial score (nSPS) is 17.0. The number of benzene rings is 1. The van der Waals surface area contributed by atoms with Gasteiger partial charge in [-0.05, 0) is 11.6 Å². The van der Waals surface area contributed by atoms with Gasteiger partial charge in [-0.2, -0.15) is 5.26 Å². The van der Waals surface area contributed by atoms with Crippen molar-refractivity contribution in [3.8, 4) is 6.07 Å². The number of hydrogen-bond donors (Lipinski definition) is 2. The molecule has 7 heteroatoms. The van der Waals surface area contributed by atoms with E-state index in [1.54, 1.807) is 30.3 Å². The first kappa shape index (κ1) is 16.8. The maximum Gasteiger partial charge on any atom is 0.252 e. The molecule has 3 rings (SSSR count). The van der Waals surface area contributed by atoms with Gasteiger partial charge in [-0.3, -0.25) is 9.78 Å². The number of nitrogens with one attached hydrogen (secondary N) is 2. The van der Waals surface area contributed by atoms with Crippen LogP contribution in [-0.4, -0.2) is 22.9 Å². The highest BCUT2D eigenvalue weighted by molar-refractivity contribution is 5.86. The van der Waals surface area contributed by atoms with Gasteiger partial charge in [0.25, 0.3) is 5.92 Å². The second-order valence-corrected chi connectivity index (χ2v) is 6.03. The van der Waals surface area contributed by atoms with E-state index in [1.807, 2.05) is 12.1 Å². The van der Waals surface area contributed by atoms with Crippen molar-refractivity contribution < 1.29 is 13.6 Å². The van der Waals surface area contributed by atoms with E-state index in [9.17, 15) is 13.6 Å². The van der Waals surface area contributed by atoms with Crippen LogP contribution >= 0.6 is 0 Å². The van der Waals surface area contributed by atoms with E-state index in [2.05, 4.69) is 15.6 Å². The molecule has 0 saturated heterocycles. The molecule has 1 saturated carbocycles. The average Bonchev–Trinajstić information content (AvgIpc) is 2.59. The molecule has 1 heterocycles. The number of aromatic nitrogens is 1. The number of carbonyl (C=O) groups is 1. The first-order chi connectivity index (χ1) is 12.0. The Morgan fingerprint density at radius 2 is 2.00 bits per heavy atom. The smallest absolute Gasteiger partial charge is 0.252 e. The fourth-order valence-corrected chi connectivity index (χ4v) is 2.74. The van der Waals surface area contributed by atoms with Crippen molar-refractivity contribution in [2.24, 2.45) is 0 Å². The van der Waals surface area contributed by atoms with Crippen LogP contribution in [0.2, 0.25) is 0 Å². The van der Waals surface area contributed by atoms with E-state index in [-0.39, 0.29) is 12.8 Å². The number of nitriles is 1. The molecule has 2 N–H and O–H groups in total. The van der Waals surface area contributed by atoms with Crippen LogP contribution in [-0.2, 0) is 4.79 Å². The first-order valence-corrected chi connectivity index (χ1v) is 7.82. The van der Waals surface area contributed by atoms with Gasteiger partial charge in [0.2, 0.25) is 5.91 Å². The Morgan fingerprint density at radius 3 is 2.64 bits per heavy atom. The largest absolute Gasteiger partial charge is 0.369 e. The lowest BCUT2D eigenvalue weighted by Gasteiger charge is -2.36. The number of hydrogen-bond acceptors (Lipinski definition) is 4. The van der Waals surface area contributed by atoms with Crippen molar-refractivity contribution in [1.82, 2.24) is 10.3 Å². The summed E-state index contributed by atoms with van der Waals surface area (Å²) in [6.07, 6.45) is 2.23. The van der Waals surface area contributed by atoms with Crippen molar-refractivity contribution >= 4 is 11.6 Å². The molecule has 1 amide bonds. The fourth-order valence-electron chi connectivity index (χ4n) is 2.74. The predicted octanol–water partition coefficient (Wildman–Crippen LogP) is 3.02. The minimum Gasteiger partial charge on any atom is -0.369 e. The summed E-state index contributed by atoms with van der Waals surface area (Å²) in [4.78, 5) is 16.6. The summed E-state index contributed by atoms with van der Waals surface area (Å²) in [5.41, 5.74) is 1.55. The molecule has 1 fully saturated rings. The van der Waals surface area contributed by atoms with Gasteiger partial charge in [-0.1, -0.05) is 30.3 Å². The highest BCUT2D eigenvalue weighted by Gasteiger charge is 2.46. The van der Waals surface area contributed by atoms with Gasteiger partial charge in [-0.15, -0.1) is 0 Å². The molecule has 2 aromatic rings. The van der Waals surface area contributed by atoms with E-state index in [0.29, 0.717) is 16.8 Å². The van der Waals surface area contributed by atoms with Crippen LogP contribution in [0.5, 0.6) is 0 Å². The zero-order valence-corrected chi connectivity index (χ0v) is 13.2. The lowest BCUT2D eigenvalue weighted by Crippen LogP contribution is -2.52. The van der Waals surface area contributed by atoms with Gasteiger partial charge >= 0.3 is 0 Å². The summed E-state index contributed by atoms with van der Waals surface area (Å²) in [7, 11) is 0. The van der Waals surface area contributed by atoms with E-state index in [1.165, 1.54) is 12.4 Å². The zero-order chi connectivity index (χ0) is 17.9. The maximum atomic E-state index is 13.0. The Labute approximate surface area is 143 Å². The Balaban J connectivity index is 1.78. The third-order valence-electron chi connectivity index (χ3n) is 4.01. The number of rotatable bonds is 5. The van der Waals surface area contributed by atoms with Crippen LogP contribution < -0.4 is 10.6 Å². The zero-order valence-electron chi connectivity index (χ0n) is 13.2. The minimum atomic E-state index is -2.70. The summed E-state index contributed by atoms with van der Waals surface area (Å²) in [6, 6.07) is 11.2. The number of pyridine rings is 1. The van der Waals surface area contributed by atoms with Gasteiger partial charge in [0, 0.05) is 25.1 Å². The van der Waals surface area contributed by atoms with E-state index in [0.717, 1.165) is 0 Å². The summed E-state index contributed by atoms with van der Waals surface area (Å²) < 4.78 is 26.0. The molecule has 1 aromatic carbocycles. The monoisotopic (exact) mass is 342 g/mol. The van der Waals surface area contributed by atoms with Crippen molar-refractivity contribution in [2.75, 3.05) is 5.32 Å². The van der Waals surface area contributed by atoms with E-state index < -0.39 is 23.9 Å². The molecule has 0 aliphatic heterocycles. The molecule has 0 spiro atoms. The van der Waals surface area contributed by atoms with Gasteiger partial charge < -0.3 is 10.6 Å². The average molecular weight is 342 g/mol. The molecular weight excluding hydrogens is 326 g/mol. The van der Waals surface area contributed by atoms with Crippen LogP contribution in [0.4, 0.5) is 14.5 Å². The number of nitrogens with zero attached hydrogens (tertiary/aromatic N) is 2. The Kier molecular flexibility index (Phi) is 4.61. The topological polar surface area (TPSA) is 77.8 Å². The third kappa shape index (κ3) is 4.10. The number of amides is 1. The number of carbonyl (C=O) groups excluding carboxylic acids is 1. The molecule has 0 bridgehead atoms. The van der Waals surface area contributed by atoms with Crippen LogP contribution in [0.15, 0.2) is 48.8 Å². The number of anilines is 1. The molecule has 0 radical (unpaired) electrons. The van der Waals surface area contributed by atoms with Crippen molar-refractivity contribution in [1.29, 1.82) is 5.26 Å². The molecule has 1 aliphatic carbocycles. The standard InChI is InChI=1S/C18H16F2N4O/c19-18(20)7-15(8-18)24-17(25)16(13-4-2-1-3-5-13)23-14-6-12(9-21)10-22-11-14/h1-6,10-11,15-16,23H,7-8H2,(H,24,25)/t16-/m0/s1. The Hall–Kier alpha value is -3.01. The van der Waals surface area contributed by atoms with Gasteiger partial charge in [-0.25, -0.2) is 8.78 Å². The summed E-state index contributed by atoms with van der Waals surface area (Å²) in [5, 5.41) is 14.6. The predicted molar refractivity (Wildman–Crippen MR) is 87.9 cm³/mol. The van der Waals surface area contributed by atoms with Crippen molar-refractivity contribution in [3.63, 3.8) is 0 Å². The van der Waals surface area contributed by atoms with Crippen molar-refractivity contribution in [3.05, 3.63) is 59.9 Å². The van der Waals surface area contributed by atoms with Crippen LogP contribution in [0.25, 0.3) is 0 Å². The second-order valence-electron chi connectivity index (χ2n) is 6.03. The minimum absolute atomic E-state index is 0.342. The number of halogens is 2. The fraction of sp³-hybridized carbons (Fsp3) is 0.278. The van der Waals surface area contributed by atoms with E-state index >= 15 is 0 Å². The summed E-state index contributed by atoms with van der Waals surface area (Å²) in [5.74, 6) is -3.09. The Bertz CT molecular complexity index is 796. The van der Waals surface area contributed by atoms with Crippen molar-refractivity contribution in [2.45, 2.75) is 30.8 Å². The molecule has 1 atom stereocenters. The number of alkyl halides is 2. The first-order valence-electron chi connectivity index (χ1n) is 7.82. The highest BCUT2D eigenvalue weighted by Crippen LogP contribution is 2.37. The molecule has 1 aromatic heterocycles. The molecule has 25 heavy (non-hydrogen) atoms. The van der Waals surface area contributed by atoms with Gasteiger partial charge in [0.15, 0.2) is 0 Å². The van der Waals surface area contributed by atoms with E-state index in [4.69, 9.17) is 5.26 Å². The summed E-state index contributed by atoms with van der Waals surface area (Å²) >= 11 is 0. The lowest BCUT2D eigenvalue weighted by molar-refractivity contribution is -0.130. The van der Waals surface area contributed by atoms with Crippen LogP contribution in [0.1, 0.15) is 30.0 Å². The molecule has 0 unspecified atom stereocenters. The van der Waals surface area contributed by atoms with Crippen LogP contribution in [0, 0.1) is 11.3 Å². The Morgan fingerprint density at radius 1 is 1.28 bits per heavy atom. The summed E-state index contributed by atoms with van der Waals surface area (Å²) in [6.45, 7) is 0. The highest BCUT2D eigenvalue weighted by atomic mass is 19.3. The molecule has 5 nitrogen and oxygen atoms in total. The second kappa shape index (κ2) is 6.85. The molecule has 1 aliphatic rings. The van der Waals surface area contributed by atoms with Gasteiger partial charge in [0.05, 0.1) is 17.4 Å². The quantitative estimate of drug-likeness (QED) is 0.875. The SMILES string of the molecule is N#Cc1cncc(N[C@H](C(=O)NC2CC(F)(F)C2)c2ccccc2)c1. The molecular formula is C18H16F2N4O.